The van der Waals surface area contributed by atoms with Crippen molar-refractivity contribution in [1.82, 2.24) is 14.9 Å². The molecule has 54 heavy (non-hydrogen) atoms. The number of carbonyl (C=O) groups is 3. The summed E-state index contributed by atoms with van der Waals surface area (Å²) in [4.78, 5) is 52.3. The van der Waals surface area contributed by atoms with Crippen molar-refractivity contribution < 1.29 is 29.0 Å². The highest BCUT2D eigenvalue weighted by Crippen LogP contribution is 2.64. The molecule has 3 heterocycles. The fourth-order valence-electron chi connectivity index (χ4n) is 8.38. The minimum Gasteiger partial charge on any atom is -0.496 e. The van der Waals surface area contributed by atoms with E-state index in [9.17, 15) is 19.5 Å². The molecule has 5 unspecified atom stereocenters. The number of ether oxygens (including phenoxy) is 2. The fraction of sp³-hybridized carbons (Fsp3) is 0.178. The quantitative estimate of drug-likeness (QED) is 0.0737. The maximum atomic E-state index is 14.6. The Morgan fingerprint density at radius 2 is 1.48 bits per heavy atom. The number of fused-ring (bicyclic) bond motifs is 5. The third-order valence-corrected chi connectivity index (χ3v) is 10.6. The van der Waals surface area contributed by atoms with Crippen LogP contribution in [0.5, 0.6) is 5.75 Å². The number of nitrogens with zero attached hydrogens (tertiary/aromatic N) is 3. The lowest BCUT2D eigenvalue weighted by molar-refractivity contribution is -0.145. The first kappa shape index (κ1) is 34.6. The fourth-order valence-corrected chi connectivity index (χ4v) is 8.38. The Hall–Kier alpha value is -6.45. The maximum Gasteiger partial charge on any atom is 0.330 e. The predicted octanol–water partition coefficient (Wildman–Crippen LogP) is 6.27. The van der Waals surface area contributed by atoms with Gasteiger partial charge in [-0.2, -0.15) is 0 Å². The van der Waals surface area contributed by atoms with Gasteiger partial charge in [0, 0.05) is 41.4 Å². The molecular weight excluding hydrogens is 679 g/mol. The summed E-state index contributed by atoms with van der Waals surface area (Å²) in [5, 5.41) is 13.1. The van der Waals surface area contributed by atoms with Gasteiger partial charge in [-0.25, -0.2) is 4.79 Å². The van der Waals surface area contributed by atoms with E-state index in [1.165, 1.54) is 11.0 Å². The van der Waals surface area contributed by atoms with Crippen LogP contribution in [0.1, 0.15) is 28.1 Å². The molecule has 3 aliphatic rings. The van der Waals surface area contributed by atoms with E-state index in [0.717, 1.165) is 16.7 Å². The van der Waals surface area contributed by atoms with E-state index in [0.29, 0.717) is 33.8 Å². The molecule has 3 aromatic carbocycles. The molecule has 8 rings (SSSR count). The summed E-state index contributed by atoms with van der Waals surface area (Å²) in [5.41, 5.74) is 3.87. The number of methoxy groups -OCH3 is 1. The van der Waals surface area contributed by atoms with Crippen molar-refractivity contribution in [2.75, 3.05) is 20.3 Å². The van der Waals surface area contributed by atoms with Crippen molar-refractivity contribution in [3.05, 3.63) is 185 Å². The van der Waals surface area contributed by atoms with Gasteiger partial charge in [-0.3, -0.25) is 24.5 Å². The zero-order valence-corrected chi connectivity index (χ0v) is 29.5. The summed E-state index contributed by atoms with van der Waals surface area (Å²) in [6.07, 6.45) is 8.23. The molecule has 9 heteroatoms. The zero-order chi connectivity index (χ0) is 37.2. The highest BCUT2D eigenvalue weighted by molar-refractivity contribution is 6.08. The van der Waals surface area contributed by atoms with Gasteiger partial charge in [-0.15, -0.1) is 0 Å². The highest BCUT2D eigenvalue weighted by Gasteiger charge is 2.66. The van der Waals surface area contributed by atoms with Crippen molar-refractivity contribution in [3.8, 4) is 5.75 Å². The van der Waals surface area contributed by atoms with Crippen LogP contribution in [0, 0.1) is 23.7 Å². The molecule has 1 N–H and O–H groups in total. The number of likely N-dealkylation sites (tertiary alicyclic amines) is 1. The summed E-state index contributed by atoms with van der Waals surface area (Å²) in [7, 11) is 1.55. The Kier molecular flexibility index (Phi) is 9.31. The normalized spacial score (nSPS) is 22.2. The average Bonchev–Trinajstić information content (AvgIpc) is 3.84. The molecule has 1 aliphatic heterocycles. The number of imide groups is 1. The number of hydrogen-bond acceptors (Lipinski definition) is 8. The molecule has 2 fully saturated rings. The lowest BCUT2D eigenvalue weighted by Crippen LogP contribution is -2.39. The van der Waals surface area contributed by atoms with Gasteiger partial charge in [0.05, 0.1) is 36.9 Å². The molecule has 2 aromatic heterocycles. The van der Waals surface area contributed by atoms with Crippen LogP contribution in [-0.4, -0.2) is 58.0 Å². The van der Waals surface area contributed by atoms with Gasteiger partial charge in [0.15, 0.2) is 5.60 Å². The van der Waals surface area contributed by atoms with E-state index >= 15 is 0 Å². The van der Waals surface area contributed by atoms with Crippen molar-refractivity contribution in [2.45, 2.75) is 5.60 Å². The summed E-state index contributed by atoms with van der Waals surface area (Å²) in [6, 6.07) is 37.5. The predicted molar refractivity (Wildman–Crippen MR) is 202 cm³/mol. The maximum absolute atomic E-state index is 14.6. The monoisotopic (exact) mass is 715 g/mol. The number of rotatable bonds is 11. The Morgan fingerprint density at radius 1 is 0.815 bits per heavy atom. The molecule has 9 nitrogen and oxygen atoms in total. The molecule has 0 spiro atoms. The SMILES string of the molecule is COc1ccccc1C=CC(=O)OCCN1C(=O)C2C3C=C(C(O)(c4ccccc4)c4ccccn4)C(C3=C(c3ccccc3)c3ccccn3)C2C1=O. The van der Waals surface area contributed by atoms with Crippen LogP contribution >= 0.6 is 0 Å². The number of aromatic nitrogens is 2. The van der Waals surface area contributed by atoms with E-state index in [4.69, 9.17) is 14.5 Å². The number of esters is 1. The van der Waals surface area contributed by atoms with Gasteiger partial charge >= 0.3 is 5.97 Å². The van der Waals surface area contributed by atoms with Gasteiger partial charge in [0.25, 0.3) is 0 Å². The van der Waals surface area contributed by atoms with E-state index in [2.05, 4.69) is 4.98 Å². The molecule has 2 amide bonds. The zero-order valence-electron chi connectivity index (χ0n) is 29.5. The van der Waals surface area contributed by atoms with E-state index in [1.807, 2.05) is 109 Å². The second kappa shape index (κ2) is 14.5. The molecule has 2 bridgehead atoms. The molecule has 0 radical (unpaired) electrons. The Morgan fingerprint density at radius 3 is 2.19 bits per heavy atom. The van der Waals surface area contributed by atoms with Crippen LogP contribution in [0.15, 0.2) is 157 Å². The van der Waals surface area contributed by atoms with Crippen molar-refractivity contribution in [3.63, 3.8) is 0 Å². The van der Waals surface area contributed by atoms with E-state index < -0.39 is 35.2 Å². The lowest BCUT2D eigenvalue weighted by atomic mass is 9.71. The number of allylic oxidation sites excluding steroid dienone is 2. The van der Waals surface area contributed by atoms with Gasteiger partial charge in [-0.05, 0) is 58.7 Å². The van der Waals surface area contributed by atoms with Crippen LogP contribution in [0.2, 0.25) is 0 Å². The first-order chi connectivity index (χ1) is 26.4. The Labute approximate surface area is 312 Å². The second-order valence-corrected chi connectivity index (χ2v) is 13.5. The smallest absolute Gasteiger partial charge is 0.330 e. The van der Waals surface area contributed by atoms with E-state index in [-0.39, 0.29) is 25.0 Å². The van der Waals surface area contributed by atoms with Gasteiger partial charge in [0.2, 0.25) is 11.8 Å². The molecule has 268 valence electrons. The summed E-state index contributed by atoms with van der Waals surface area (Å²) < 4.78 is 10.8. The molecule has 1 saturated carbocycles. The number of hydrogen-bond donors (Lipinski definition) is 1. The molecule has 2 aliphatic carbocycles. The highest BCUT2D eigenvalue weighted by atomic mass is 16.5. The topological polar surface area (TPSA) is 119 Å². The van der Waals surface area contributed by atoms with Crippen LogP contribution in [-0.2, 0) is 24.7 Å². The Bertz CT molecular complexity index is 2210. The number of amides is 2. The summed E-state index contributed by atoms with van der Waals surface area (Å²) >= 11 is 0. The van der Waals surface area contributed by atoms with Crippen molar-refractivity contribution in [2.24, 2.45) is 23.7 Å². The summed E-state index contributed by atoms with van der Waals surface area (Å²) in [6.45, 7) is -0.267. The molecule has 5 atom stereocenters. The number of benzene rings is 3. The molecular formula is C45H37N3O6. The van der Waals surface area contributed by atoms with Crippen LogP contribution < -0.4 is 4.74 Å². The second-order valence-electron chi connectivity index (χ2n) is 13.5. The third-order valence-electron chi connectivity index (χ3n) is 10.6. The number of aliphatic hydroxyl groups is 1. The summed E-state index contributed by atoms with van der Waals surface area (Å²) in [5.74, 6) is -3.42. The average molecular weight is 716 g/mol. The third kappa shape index (κ3) is 5.92. The number of para-hydroxylation sites is 1. The number of pyridine rings is 2. The lowest BCUT2D eigenvalue weighted by Gasteiger charge is -2.36. The Balaban J connectivity index is 1.18. The minimum atomic E-state index is -1.72. The first-order valence-electron chi connectivity index (χ1n) is 17.9. The van der Waals surface area contributed by atoms with Crippen LogP contribution in [0.3, 0.4) is 0 Å². The largest absolute Gasteiger partial charge is 0.496 e. The minimum absolute atomic E-state index is 0.0955. The molecule has 1 saturated heterocycles. The van der Waals surface area contributed by atoms with Crippen molar-refractivity contribution in [1.29, 1.82) is 0 Å². The standard InChI is InChI=1S/C45H37N3O6/c1-53-35-20-9-8-14-29(35)22-23-37(49)54-27-26-48-43(50)40-32-28-33(45(52,31-17-6-3-7-18-31)36-21-11-13-25-47-36)41(42(40)44(48)51)39(32)38(30-15-4-2-5-16-30)34-19-10-12-24-46-34/h2-25,28,32,40-42,52H,26-27H2,1H3. The van der Waals surface area contributed by atoms with Crippen molar-refractivity contribution >= 4 is 29.4 Å². The van der Waals surface area contributed by atoms with E-state index in [1.54, 1.807) is 43.8 Å². The number of carbonyl (C=O) groups excluding carboxylic acids is 3. The molecule has 5 aromatic rings. The van der Waals surface area contributed by atoms with Crippen LogP contribution in [0.4, 0.5) is 0 Å². The van der Waals surface area contributed by atoms with Crippen LogP contribution in [0.25, 0.3) is 11.6 Å². The first-order valence-corrected chi connectivity index (χ1v) is 17.9. The van der Waals surface area contributed by atoms with Gasteiger partial charge in [0.1, 0.15) is 12.4 Å². The van der Waals surface area contributed by atoms with Gasteiger partial charge in [-0.1, -0.05) is 97.1 Å². The van der Waals surface area contributed by atoms with Gasteiger partial charge < -0.3 is 14.6 Å².